The van der Waals surface area contributed by atoms with E-state index >= 15 is 0 Å². The molecule has 0 saturated carbocycles. The molecule has 0 radical (unpaired) electrons. The first-order valence-electron chi connectivity index (χ1n) is 7.22. The Kier molecular flexibility index (Phi) is 5.74. The first-order valence-corrected chi connectivity index (χ1v) is 7.76. The van der Waals surface area contributed by atoms with Gasteiger partial charge in [-0.1, -0.05) is 6.07 Å². The second kappa shape index (κ2) is 7.55. The van der Waals surface area contributed by atoms with Crippen LogP contribution < -0.4 is 9.47 Å². The summed E-state index contributed by atoms with van der Waals surface area (Å²) in [5.41, 5.74) is 0.943. The highest BCUT2D eigenvalue weighted by atomic mass is 35.5. The summed E-state index contributed by atoms with van der Waals surface area (Å²) in [6.45, 7) is 1.67. The Balaban J connectivity index is 1.97. The van der Waals surface area contributed by atoms with Crippen molar-refractivity contribution in [3.63, 3.8) is 0 Å². The van der Waals surface area contributed by atoms with Gasteiger partial charge in [-0.05, 0) is 36.5 Å². The van der Waals surface area contributed by atoms with Crippen LogP contribution in [0.1, 0.15) is 18.4 Å². The first kappa shape index (κ1) is 16.0. The monoisotopic (exact) mass is 311 g/mol. The Morgan fingerprint density at radius 2 is 2.10 bits per heavy atom. The molecule has 1 aromatic rings. The summed E-state index contributed by atoms with van der Waals surface area (Å²) in [5, 5.41) is 0. The van der Waals surface area contributed by atoms with Gasteiger partial charge in [-0.25, -0.2) is 0 Å². The number of alkyl halides is 1. The van der Waals surface area contributed by atoms with Crippen molar-refractivity contribution in [1.29, 1.82) is 0 Å². The smallest absolute Gasteiger partial charge is 0.227 e. The molecule has 2 rings (SSSR count). The number of nitrogens with zero attached hydrogens (tertiary/aromatic N) is 1. The molecule has 0 aliphatic carbocycles. The van der Waals surface area contributed by atoms with Gasteiger partial charge in [0.15, 0.2) is 11.5 Å². The van der Waals surface area contributed by atoms with Crippen molar-refractivity contribution in [3.05, 3.63) is 23.8 Å². The molecule has 1 unspecified atom stereocenters. The zero-order valence-electron chi connectivity index (χ0n) is 12.6. The third-order valence-electron chi connectivity index (χ3n) is 3.96. The van der Waals surface area contributed by atoms with Gasteiger partial charge in [0.2, 0.25) is 5.91 Å². The molecule has 0 spiro atoms. The fourth-order valence-corrected chi connectivity index (χ4v) is 3.03. The van der Waals surface area contributed by atoms with Crippen LogP contribution in [0.4, 0.5) is 0 Å². The Labute approximate surface area is 131 Å². The van der Waals surface area contributed by atoms with Crippen molar-refractivity contribution in [2.75, 3.05) is 33.2 Å². The number of rotatable bonds is 6. The number of carbonyl (C=O) groups is 1. The molecule has 1 aromatic carbocycles. The van der Waals surface area contributed by atoms with Crippen LogP contribution in [0.3, 0.4) is 0 Å². The van der Waals surface area contributed by atoms with Crippen molar-refractivity contribution in [2.45, 2.75) is 19.3 Å². The Bertz CT molecular complexity index is 492. The molecule has 21 heavy (non-hydrogen) atoms. The van der Waals surface area contributed by atoms with Crippen LogP contribution in [0.25, 0.3) is 0 Å². The largest absolute Gasteiger partial charge is 0.493 e. The molecule has 0 aromatic heterocycles. The van der Waals surface area contributed by atoms with Crippen molar-refractivity contribution >= 4 is 17.5 Å². The van der Waals surface area contributed by atoms with E-state index in [4.69, 9.17) is 21.1 Å². The number of halogens is 1. The summed E-state index contributed by atoms with van der Waals surface area (Å²) in [6.07, 6.45) is 2.44. The van der Waals surface area contributed by atoms with Gasteiger partial charge in [-0.3, -0.25) is 4.79 Å². The van der Waals surface area contributed by atoms with Gasteiger partial charge in [0.1, 0.15) is 0 Å². The number of carbonyl (C=O) groups excluding carboxylic acids is 1. The molecule has 1 aliphatic heterocycles. The Morgan fingerprint density at radius 3 is 2.76 bits per heavy atom. The molecule has 4 nitrogen and oxygen atoms in total. The van der Waals surface area contributed by atoms with E-state index in [2.05, 4.69) is 0 Å². The van der Waals surface area contributed by atoms with Crippen molar-refractivity contribution in [2.24, 2.45) is 5.92 Å². The van der Waals surface area contributed by atoms with Crippen LogP contribution in [0.5, 0.6) is 11.5 Å². The van der Waals surface area contributed by atoms with E-state index in [1.54, 1.807) is 14.2 Å². The molecule has 1 aliphatic rings. The van der Waals surface area contributed by atoms with Crippen LogP contribution in [0.15, 0.2) is 18.2 Å². The van der Waals surface area contributed by atoms with Crippen molar-refractivity contribution < 1.29 is 14.3 Å². The third-order valence-corrected chi connectivity index (χ3v) is 4.18. The van der Waals surface area contributed by atoms with E-state index in [0.717, 1.165) is 31.5 Å². The number of amides is 1. The minimum absolute atomic E-state index is 0.166. The third kappa shape index (κ3) is 4.03. The van der Waals surface area contributed by atoms with Gasteiger partial charge < -0.3 is 14.4 Å². The van der Waals surface area contributed by atoms with Crippen LogP contribution in [-0.2, 0) is 11.2 Å². The van der Waals surface area contributed by atoms with Crippen LogP contribution in [-0.4, -0.2) is 44.0 Å². The fraction of sp³-hybridized carbons (Fsp3) is 0.562. The fourth-order valence-electron chi connectivity index (χ4n) is 2.73. The highest BCUT2D eigenvalue weighted by molar-refractivity contribution is 6.17. The summed E-state index contributed by atoms with van der Waals surface area (Å²) >= 11 is 5.77. The first-order chi connectivity index (χ1) is 10.2. The average molecular weight is 312 g/mol. The van der Waals surface area contributed by atoms with Gasteiger partial charge in [0, 0.05) is 19.0 Å². The zero-order valence-corrected chi connectivity index (χ0v) is 13.4. The van der Waals surface area contributed by atoms with Crippen molar-refractivity contribution in [1.82, 2.24) is 4.90 Å². The molecule has 0 bridgehead atoms. The molecular weight excluding hydrogens is 290 g/mol. The normalized spacial score (nSPS) is 17.9. The number of methoxy groups -OCH3 is 2. The van der Waals surface area contributed by atoms with Crippen LogP contribution in [0, 0.1) is 5.92 Å². The molecular formula is C16H22ClNO3. The lowest BCUT2D eigenvalue weighted by atomic mass is 10.1. The van der Waals surface area contributed by atoms with Gasteiger partial charge >= 0.3 is 0 Å². The predicted molar refractivity (Wildman–Crippen MR) is 83.3 cm³/mol. The van der Waals surface area contributed by atoms with E-state index in [1.807, 2.05) is 23.1 Å². The van der Waals surface area contributed by atoms with Crippen LogP contribution in [0.2, 0.25) is 0 Å². The number of ether oxygens (including phenoxy) is 2. The summed E-state index contributed by atoms with van der Waals surface area (Å²) in [6, 6.07) is 5.61. The maximum Gasteiger partial charge on any atom is 0.227 e. The van der Waals surface area contributed by atoms with E-state index in [0.29, 0.717) is 29.7 Å². The van der Waals surface area contributed by atoms with E-state index in [9.17, 15) is 4.79 Å². The highest BCUT2D eigenvalue weighted by Gasteiger charge is 2.25. The molecule has 1 saturated heterocycles. The molecule has 116 valence electrons. The molecule has 1 heterocycles. The lowest BCUT2D eigenvalue weighted by molar-refractivity contribution is -0.129. The minimum atomic E-state index is 0.166. The van der Waals surface area contributed by atoms with E-state index < -0.39 is 0 Å². The van der Waals surface area contributed by atoms with Crippen molar-refractivity contribution in [3.8, 4) is 11.5 Å². The molecule has 5 heteroatoms. The maximum atomic E-state index is 12.3. The number of hydrogen-bond acceptors (Lipinski definition) is 3. The van der Waals surface area contributed by atoms with E-state index in [-0.39, 0.29) is 5.91 Å². The molecule has 0 N–H and O–H groups in total. The summed E-state index contributed by atoms with van der Waals surface area (Å²) < 4.78 is 10.5. The topological polar surface area (TPSA) is 38.8 Å². The number of hydrogen-bond donors (Lipinski definition) is 0. The Morgan fingerprint density at radius 1 is 1.33 bits per heavy atom. The van der Waals surface area contributed by atoms with E-state index in [1.165, 1.54) is 0 Å². The SMILES string of the molecule is COc1ccc(CC(=O)N2CCC(CCCl)C2)cc1OC. The second-order valence-electron chi connectivity index (χ2n) is 5.34. The lowest BCUT2D eigenvalue weighted by Crippen LogP contribution is -2.30. The summed E-state index contributed by atoms with van der Waals surface area (Å²) in [7, 11) is 3.20. The maximum absolute atomic E-state index is 12.3. The van der Waals surface area contributed by atoms with Gasteiger partial charge in [-0.2, -0.15) is 0 Å². The summed E-state index contributed by atoms with van der Waals surface area (Å²) in [4.78, 5) is 14.3. The summed E-state index contributed by atoms with van der Waals surface area (Å²) in [5.74, 6) is 2.72. The standard InChI is InChI=1S/C16H22ClNO3/c1-20-14-4-3-13(9-15(14)21-2)10-16(19)18-8-6-12(11-18)5-7-17/h3-4,9,12H,5-8,10-11H2,1-2H3. The predicted octanol–water partition coefficient (Wildman–Crippen LogP) is 2.72. The zero-order chi connectivity index (χ0) is 15.2. The molecule has 1 fully saturated rings. The lowest BCUT2D eigenvalue weighted by Gasteiger charge is -2.17. The quantitative estimate of drug-likeness (QED) is 0.758. The minimum Gasteiger partial charge on any atom is -0.493 e. The highest BCUT2D eigenvalue weighted by Crippen LogP contribution is 2.28. The molecule has 1 atom stereocenters. The number of likely N-dealkylation sites (tertiary alicyclic amines) is 1. The molecule has 1 amide bonds. The Hall–Kier alpha value is -1.42. The van der Waals surface area contributed by atoms with Gasteiger partial charge in [0.05, 0.1) is 20.6 Å². The second-order valence-corrected chi connectivity index (χ2v) is 5.72. The van der Waals surface area contributed by atoms with Gasteiger partial charge in [0.25, 0.3) is 0 Å². The van der Waals surface area contributed by atoms with Gasteiger partial charge in [-0.15, -0.1) is 11.6 Å². The number of benzene rings is 1. The van der Waals surface area contributed by atoms with Crippen LogP contribution >= 0.6 is 11.6 Å². The average Bonchev–Trinajstić information content (AvgIpc) is 2.96.